The Morgan fingerprint density at radius 2 is 2.12 bits per heavy atom. The smallest absolute Gasteiger partial charge is 0.242 e. The highest BCUT2D eigenvalue weighted by Gasteiger charge is 2.17. The van der Waals surface area contributed by atoms with Crippen LogP contribution >= 0.6 is 0 Å². The van der Waals surface area contributed by atoms with Crippen molar-refractivity contribution >= 4 is 15.7 Å². The lowest BCUT2D eigenvalue weighted by Gasteiger charge is -2.10. The molecule has 1 aromatic rings. The Hall–Kier alpha value is -1.11. The van der Waals surface area contributed by atoms with E-state index in [0.29, 0.717) is 0 Å². The van der Waals surface area contributed by atoms with Crippen LogP contribution in [0.15, 0.2) is 23.1 Å². The van der Waals surface area contributed by atoms with Crippen molar-refractivity contribution in [3.05, 3.63) is 23.8 Å². The molecule has 0 fully saturated rings. The van der Waals surface area contributed by atoms with Crippen LogP contribution in [0.4, 0.5) is 5.69 Å². The number of nitrogens with two attached hydrogens (primary N) is 1. The molecule has 0 aliphatic rings. The maximum atomic E-state index is 11.8. The summed E-state index contributed by atoms with van der Waals surface area (Å²) < 4.78 is 25.8. The Bertz CT molecular complexity index is 469. The summed E-state index contributed by atoms with van der Waals surface area (Å²) in [5, 5.41) is 9.02. The molecule has 1 rings (SSSR count). The standard InChI is InChI=1S/C10H16N2O3S/c1-7-3-4-10(9(11)5-7)16(14,15)12-6-8(2)13/h3-5,8,12-13H,6,11H2,1-2H3. The number of hydrogen-bond acceptors (Lipinski definition) is 4. The number of benzene rings is 1. The van der Waals surface area contributed by atoms with E-state index in [4.69, 9.17) is 10.8 Å². The Labute approximate surface area is 95.3 Å². The molecule has 0 saturated heterocycles. The fraction of sp³-hybridized carbons (Fsp3) is 0.400. The van der Waals surface area contributed by atoms with Crippen molar-refractivity contribution in [2.75, 3.05) is 12.3 Å². The lowest BCUT2D eigenvalue weighted by atomic mass is 10.2. The number of rotatable bonds is 4. The van der Waals surface area contributed by atoms with Crippen molar-refractivity contribution < 1.29 is 13.5 Å². The van der Waals surface area contributed by atoms with Gasteiger partial charge in [-0.05, 0) is 31.5 Å². The number of nitrogens with one attached hydrogen (secondary N) is 1. The van der Waals surface area contributed by atoms with Crippen molar-refractivity contribution in [2.45, 2.75) is 24.8 Å². The zero-order chi connectivity index (χ0) is 12.3. The van der Waals surface area contributed by atoms with Gasteiger partial charge in [-0.1, -0.05) is 6.07 Å². The number of aliphatic hydroxyl groups is 1. The lowest BCUT2D eigenvalue weighted by Crippen LogP contribution is -2.31. The van der Waals surface area contributed by atoms with Crippen molar-refractivity contribution in [1.82, 2.24) is 4.72 Å². The van der Waals surface area contributed by atoms with Gasteiger partial charge in [0.25, 0.3) is 0 Å². The first-order valence-corrected chi connectivity index (χ1v) is 6.35. The van der Waals surface area contributed by atoms with Crippen LogP contribution in [-0.2, 0) is 10.0 Å². The highest BCUT2D eigenvalue weighted by atomic mass is 32.2. The van der Waals surface area contributed by atoms with Gasteiger partial charge < -0.3 is 10.8 Å². The van der Waals surface area contributed by atoms with E-state index in [1.807, 2.05) is 6.92 Å². The molecular formula is C10H16N2O3S. The molecule has 1 unspecified atom stereocenters. The number of aryl methyl sites for hydroxylation is 1. The third kappa shape index (κ3) is 3.19. The van der Waals surface area contributed by atoms with Gasteiger partial charge in [0.2, 0.25) is 10.0 Å². The quantitative estimate of drug-likeness (QED) is 0.661. The Morgan fingerprint density at radius 1 is 1.50 bits per heavy atom. The van der Waals surface area contributed by atoms with Crippen LogP contribution in [0.1, 0.15) is 12.5 Å². The average molecular weight is 244 g/mol. The number of hydrogen-bond donors (Lipinski definition) is 3. The molecule has 0 aliphatic carbocycles. The van der Waals surface area contributed by atoms with Crippen molar-refractivity contribution in [2.24, 2.45) is 0 Å². The number of nitrogen functional groups attached to an aromatic ring is 1. The summed E-state index contributed by atoms with van der Waals surface area (Å²) >= 11 is 0. The summed E-state index contributed by atoms with van der Waals surface area (Å²) in [6.07, 6.45) is -0.735. The van der Waals surface area contributed by atoms with E-state index in [2.05, 4.69) is 4.72 Å². The van der Waals surface area contributed by atoms with Crippen molar-refractivity contribution in [1.29, 1.82) is 0 Å². The highest BCUT2D eigenvalue weighted by molar-refractivity contribution is 7.89. The minimum absolute atomic E-state index is 0.0321. The van der Waals surface area contributed by atoms with E-state index < -0.39 is 16.1 Å². The fourth-order valence-electron chi connectivity index (χ4n) is 1.22. The average Bonchev–Trinajstić information content (AvgIpc) is 2.14. The van der Waals surface area contributed by atoms with Gasteiger partial charge in [0.15, 0.2) is 0 Å². The first-order chi connectivity index (χ1) is 7.33. The molecule has 16 heavy (non-hydrogen) atoms. The molecule has 0 saturated carbocycles. The molecule has 1 atom stereocenters. The van der Waals surface area contributed by atoms with Crippen molar-refractivity contribution in [3.8, 4) is 0 Å². The fourth-order valence-corrected chi connectivity index (χ4v) is 2.45. The van der Waals surface area contributed by atoms with Gasteiger partial charge in [0.1, 0.15) is 4.90 Å². The van der Waals surface area contributed by atoms with Crippen LogP contribution in [0.5, 0.6) is 0 Å². The second kappa shape index (κ2) is 4.82. The number of aliphatic hydroxyl groups excluding tert-OH is 1. The molecule has 5 nitrogen and oxygen atoms in total. The maximum absolute atomic E-state index is 11.8. The number of anilines is 1. The van der Waals surface area contributed by atoms with Gasteiger partial charge in [0.05, 0.1) is 11.8 Å². The minimum Gasteiger partial charge on any atom is -0.398 e. The van der Waals surface area contributed by atoms with E-state index >= 15 is 0 Å². The maximum Gasteiger partial charge on any atom is 0.242 e. The summed E-state index contributed by atoms with van der Waals surface area (Å²) in [7, 11) is -3.64. The molecule has 4 N–H and O–H groups in total. The molecule has 6 heteroatoms. The number of sulfonamides is 1. The van der Waals surface area contributed by atoms with Crippen LogP contribution in [0.25, 0.3) is 0 Å². The zero-order valence-corrected chi connectivity index (χ0v) is 10.1. The van der Waals surface area contributed by atoms with E-state index in [1.54, 1.807) is 12.1 Å². The zero-order valence-electron chi connectivity index (χ0n) is 9.27. The summed E-state index contributed by atoms with van der Waals surface area (Å²) in [6.45, 7) is 3.30. The summed E-state index contributed by atoms with van der Waals surface area (Å²) in [5.41, 5.74) is 6.73. The summed E-state index contributed by atoms with van der Waals surface area (Å²) in [4.78, 5) is 0.0405. The molecule has 0 aromatic heterocycles. The largest absolute Gasteiger partial charge is 0.398 e. The van der Waals surface area contributed by atoms with Crippen LogP contribution in [-0.4, -0.2) is 26.2 Å². The monoisotopic (exact) mass is 244 g/mol. The SMILES string of the molecule is Cc1ccc(S(=O)(=O)NCC(C)O)c(N)c1. The van der Waals surface area contributed by atoms with E-state index in [-0.39, 0.29) is 17.1 Å². The predicted octanol–water partition coefficient (Wildman–Crippen LogP) is 0.236. The van der Waals surface area contributed by atoms with Crippen LogP contribution in [0.2, 0.25) is 0 Å². The Morgan fingerprint density at radius 3 is 2.62 bits per heavy atom. The highest BCUT2D eigenvalue weighted by Crippen LogP contribution is 2.18. The van der Waals surface area contributed by atoms with Crippen LogP contribution < -0.4 is 10.5 Å². The lowest BCUT2D eigenvalue weighted by molar-refractivity contribution is 0.198. The van der Waals surface area contributed by atoms with Gasteiger partial charge >= 0.3 is 0 Å². The first-order valence-electron chi connectivity index (χ1n) is 4.87. The minimum atomic E-state index is -3.64. The van der Waals surface area contributed by atoms with Crippen LogP contribution in [0.3, 0.4) is 0 Å². The summed E-state index contributed by atoms with van der Waals surface area (Å²) in [5.74, 6) is 0. The molecule has 0 radical (unpaired) electrons. The summed E-state index contributed by atoms with van der Waals surface area (Å²) in [6, 6.07) is 4.72. The van der Waals surface area contributed by atoms with E-state index in [9.17, 15) is 8.42 Å². The first kappa shape index (κ1) is 13.0. The molecule has 0 aliphatic heterocycles. The van der Waals surface area contributed by atoms with Gasteiger partial charge in [-0.3, -0.25) is 0 Å². The molecule has 1 aromatic carbocycles. The second-order valence-corrected chi connectivity index (χ2v) is 5.48. The Kier molecular flexibility index (Phi) is 3.90. The van der Waals surface area contributed by atoms with Crippen molar-refractivity contribution in [3.63, 3.8) is 0 Å². The third-order valence-corrected chi connectivity index (χ3v) is 3.52. The van der Waals surface area contributed by atoms with Gasteiger partial charge in [-0.2, -0.15) is 0 Å². The normalized spacial score (nSPS) is 13.7. The molecular weight excluding hydrogens is 228 g/mol. The predicted molar refractivity (Wildman–Crippen MR) is 62.5 cm³/mol. The Balaban J connectivity index is 2.99. The molecule has 90 valence electrons. The van der Waals surface area contributed by atoms with E-state index in [1.165, 1.54) is 13.0 Å². The topological polar surface area (TPSA) is 92.4 Å². The van der Waals surface area contributed by atoms with Gasteiger partial charge in [0, 0.05) is 6.54 Å². The van der Waals surface area contributed by atoms with Gasteiger partial charge in [-0.25, -0.2) is 13.1 Å². The molecule has 0 bridgehead atoms. The van der Waals surface area contributed by atoms with Gasteiger partial charge in [-0.15, -0.1) is 0 Å². The van der Waals surface area contributed by atoms with Crippen LogP contribution in [0, 0.1) is 6.92 Å². The van der Waals surface area contributed by atoms with E-state index in [0.717, 1.165) is 5.56 Å². The molecule has 0 amide bonds. The third-order valence-electron chi connectivity index (χ3n) is 2.02. The second-order valence-electron chi connectivity index (χ2n) is 3.74. The molecule has 0 spiro atoms. The molecule has 0 heterocycles.